The maximum atomic E-state index is 12.8. The number of rotatable bonds is 5. The maximum absolute atomic E-state index is 12.8. The first-order valence-electron chi connectivity index (χ1n) is 9.37. The van der Waals surface area contributed by atoms with Gasteiger partial charge in [0.1, 0.15) is 11.6 Å². The molecule has 0 radical (unpaired) electrons. The van der Waals surface area contributed by atoms with Crippen molar-refractivity contribution in [1.82, 2.24) is 18.7 Å². The highest BCUT2D eigenvalue weighted by Crippen LogP contribution is 2.24. The van der Waals surface area contributed by atoms with Crippen LogP contribution >= 0.6 is 0 Å². The number of benzene rings is 1. The van der Waals surface area contributed by atoms with E-state index in [2.05, 4.69) is 11.1 Å². The van der Waals surface area contributed by atoms with E-state index in [0.717, 1.165) is 22.4 Å². The van der Waals surface area contributed by atoms with Gasteiger partial charge in [-0.25, -0.2) is 9.78 Å². The molecule has 0 fully saturated rings. The third-order valence-corrected chi connectivity index (χ3v) is 5.10. The summed E-state index contributed by atoms with van der Waals surface area (Å²) in [6.45, 7) is 8.46. The van der Waals surface area contributed by atoms with Crippen molar-refractivity contribution < 1.29 is 4.74 Å². The highest BCUT2D eigenvalue weighted by atomic mass is 16.5. The van der Waals surface area contributed by atoms with Crippen LogP contribution in [0.5, 0.6) is 5.75 Å². The summed E-state index contributed by atoms with van der Waals surface area (Å²) in [7, 11) is 3.46. The summed E-state index contributed by atoms with van der Waals surface area (Å²) in [6.07, 6.45) is 3.84. The van der Waals surface area contributed by atoms with Gasteiger partial charge in [-0.1, -0.05) is 6.08 Å². The van der Waals surface area contributed by atoms with Gasteiger partial charge in [-0.15, -0.1) is 0 Å². The molecule has 7 heteroatoms. The standard InChI is InChI=1S/C21H26N4O3/c1-7-24-19-18(20(26)25(8-2)21(24)27)23(5)17(22-19)10-9-15-11-14(4)16(28-6)12-13(15)3/h9-12H,7-8H2,1-6H3/b10-9+. The average Bonchev–Trinajstić information content (AvgIpc) is 2.99. The zero-order chi connectivity index (χ0) is 20.6. The first-order chi connectivity index (χ1) is 13.3. The Hall–Kier alpha value is -3.09. The molecule has 148 valence electrons. The third-order valence-electron chi connectivity index (χ3n) is 5.10. The van der Waals surface area contributed by atoms with Crippen molar-refractivity contribution in [3.8, 4) is 5.75 Å². The topological polar surface area (TPSA) is 71.1 Å². The Kier molecular flexibility index (Phi) is 5.27. The summed E-state index contributed by atoms with van der Waals surface area (Å²) in [4.78, 5) is 29.9. The molecule has 0 saturated heterocycles. The van der Waals surface area contributed by atoms with E-state index in [1.54, 1.807) is 30.2 Å². The van der Waals surface area contributed by atoms with Crippen molar-refractivity contribution in [2.45, 2.75) is 40.8 Å². The summed E-state index contributed by atoms with van der Waals surface area (Å²) in [5.74, 6) is 1.47. The molecule has 0 aliphatic heterocycles. The van der Waals surface area contributed by atoms with E-state index in [1.807, 2.05) is 39.0 Å². The quantitative estimate of drug-likeness (QED) is 0.680. The average molecular weight is 382 g/mol. The highest BCUT2D eigenvalue weighted by Gasteiger charge is 2.17. The number of nitrogens with zero attached hydrogens (tertiary/aromatic N) is 4. The predicted octanol–water partition coefficient (Wildman–Crippen LogP) is 2.73. The molecule has 0 atom stereocenters. The molecule has 0 N–H and O–H groups in total. The molecule has 0 spiro atoms. The monoisotopic (exact) mass is 382 g/mol. The lowest BCUT2D eigenvalue weighted by Crippen LogP contribution is -2.39. The van der Waals surface area contributed by atoms with Crippen molar-refractivity contribution in [1.29, 1.82) is 0 Å². The molecule has 0 aliphatic carbocycles. The van der Waals surface area contributed by atoms with Gasteiger partial charge in [0.05, 0.1) is 7.11 Å². The maximum Gasteiger partial charge on any atom is 0.332 e. The molecule has 0 aliphatic rings. The molecule has 2 aromatic heterocycles. The molecule has 0 saturated carbocycles. The van der Waals surface area contributed by atoms with Gasteiger partial charge in [0.25, 0.3) is 5.56 Å². The fourth-order valence-electron chi connectivity index (χ4n) is 3.47. The molecule has 2 heterocycles. The third kappa shape index (κ3) is 3.06. The van der Waals surface area contributed by atoms with Crippen molar-refractivity contribution in [2.24, 2.45) is 7.05 Å². The Morgan fingerprint density at radius 1 is 1.04 bits per heavy atom. The second-order valence-corrected chi connectivity index (χ2v) is 6.79. The zero-order valence-electron chi connectivity index (χ0n) is 17.2. The highest BCUT2D eigenvalue weighted by molar-refractivity contribution is 5.77. The number of imidazole rings is 1. The van der Waals surface area contributed by atoms with E-state index in [4.69, 9.17) is 4.74 Å². The predicted molar refractivity (Wildman–Crippen MR) is 112 cm³/mol. The van der Waals surface area contributed by atoms with Gasteiger partial charge < -0.3 is 9.30 Å². The normalized spacial score (nSPS) is 11.6. The Bertz CT molecular complexity index is 1200. The van der Waals surface area contributed by atoms with Gasteiger partial charge in [-0.05, 0) is 62.6 Å². The van der Waals surface area contributed by atoms with Crippen LogP contribution in [-0.4, -0.2) is 25.8 Å². The molecule has 0 unspecified atom stereocenters. The number of ether oxygens (including phenoxy) is 1. The lowest BCUT2D eigenvalue weighted by atomic mass is 10.0. The van der Waals surface area contributed by atoms with Crippen molar-refractivity contribution >= 4 is 23.3 Å². The Morgan fingerprint density at radius 2 is 1.71 bits per heavy atom. The van der Waals surface area contributed by atoms with Crippen LogP contribution in [0.4, 0.5) is 0 Å². The molecule has 28 heavy (non-hydrogen) atoms. The van der Waals surface area contributed by atoms with Gasteiger partial charge in [-0.3, -0.25) is 13.9 Å². The van der Waals surface area contributed by atoms with Gasteiger partial charge in [-0.2, -0.15) is 0 Å². The number of aromatic nitrogens is 4. The van der Waals surface area contributed by atoms with Gasteiger partial charge in [0.15, 0.2) is 11.2 Å². The number of aryl methyl sites for hydroxylation is 4. The largest absolute Gasteiger partial charge is 0.496 e. The van der Waals surface area contributed by atoms with E-state index >= 15 is 0 Å². The van der Waals surface area contributed by atoms with E-state index in [9.17, 15) is 9.59 Å². The zero-order valence-corrected chi connectivity index (χ0v) is 17.2. The fraction of sp³-hybridized carbons (Fsp3) is 0.381. The SMILES string of the molecule is CCn1c(=O)c2c(nc(/C=C/c3cc(C)c(OC)cc3C)n2C)n(CC)c1=O. The van der Waals surface area contributed by atoms with Crippen LogP contribution in [0.15, 0.2) is 21.7 Å². The Labute approximate surface area is 163 Å². The summed E-state index contributed by atoms with van der Waals surface area (Å²) in [6, 6.07) is 4.05. The number of fused-ring (bicyclic) bond motifs is 1. The summed E-state index contributed by atoms with van der Waals surface area (Å²) >= 11 is 0. The fourth-order valence-corrected chi connectivity index (χ4v) is 3.47. The number of hydrogen-bond donors (Lipinski definition) is 0. The molecular weight excluding hydrogens is 356 g/mol. The van der Waals surface area contributed by atoms with Crippen LogP contribution in [0.1, 0.15) is 36.4 Å². The second-order valence-electron chi connectivity index (χ2n) is 6.79. The van der Waals surface area contributed by atoms with E-state index in [0.29, 0.717) is 30.1 Å². The summed E-state index contributed by atoms with van der Waals surface area (Å²) in [5, 5.41) is 0. The number of hydrogen-bond acceptors (Lipinski definition) is 4. The first kappa shape index (κ1) is 19.7. The molecule has 3 aromatic rings. The molecule has 7 nitrogen and oxygen atoms in total. The van der Waals surface area contributed by atoms with Crippen LogP contribution in [-0.2, 0) is 20.1 Å². The molecule has 3 rings (SSSR count). The minimum absolute atomic E-state index is 0.307. The Balaban J connectivity index is 2.18. The Morgan fingerprint density at radius 3 is 2.32 bits per heavy atom. The van der Waals surface area contributed by atoms with Crippen LogP contribution < -0.4 is 16.0 Å². The van der Waals surface area contributed by atoms with Crippen LogP contribution in [0.3, 0.4) is 0 Å². The van der Waals surface area contributed by atoms with E-state index < -0.39 is 0 Å². The molecular formula is C21H26N4O3. The van der Waals surface area contributed by atoms with Gasteiger partial charge in [0, 0.05) is 20.1 Å². The van der Waals surface area contributed by atoms with E-state index in [1.165, 1.54) is 4.57 Å². The van der Waals surface area contributed by atoms with Crippen molar-refractivity contribution in [3.05, 3.63) is 55.5 Å². The van der Waals surface area contributed by atoms with Crippen molar-refractivity contribution in [3.63, 3.8) is 0 Å². The van der Waals surface area contributed by atoms with Crippen LogP contribution in [0.25, 0.3) is 23.3 Å². The lowest BCUT2D eigenvalue weighted by Gasteiger charge is -2.08. The van der Waals surface area contributed by atoms with Crippen molar-refractivity contribution in [2.75, 3.05) is 7.11 Å². The second kappa shape index (κ2) is 7.50. The summed E-state index contributed by atoms with van der Waals surface area (Å²) in [5.41, 5.74) is 3.40. The molecule has 1 aromatic carbocycles. The minimum atomic E-state index is -0.322. The molecule has 0 bridgehead atoms. The summed E-state index contributed by atoms with van der Waals surface area (Å²) < 4.78 is 9.90. The minimum Gasteiger partial charge on any atom is -0.496 e. The van der Waals surface area contributed by atoms with Gasteiger partial charge >= 0.3 is 5.69 Å². The van der Waals surface area contributed by atoms with E-state index in [-0.39, 0.29) is 11.2 Å². The molecule has 0 amide bonds. The number of methoxy groups -OCH3 is 1. The smallest absolute Gasteiger partial charge is 0.332 e. The first-order valence-corrected chi connectivity index (χ1v) is 9.37. The van der Waals surface area contributed by atoms with Gasteiger partial charge in [0.2, 0.25) is 0 Å². The van der Waals surface area contributed by atoms with Crippen LogP contribution in [0, 0.1) is 13.8 Å². The lowest BCUT2D eigenvalue weighted by molar-refractivity contribution is 0.411. The van der Waals surface area contributed by atoms with Crippen LogP contribution in [0.2, 0.25) is 0 Å².